The number of furan rings is 3. The van der Waals surface area contributed by atoms with Crippen LogP contribution in [0.4, 0.5) is 0 Å². The average molecular weight is 1440 g/mol. The van der Waals surface area contributed by atoms with E-state index in [0.717, 1.165) is 6.92 Å². The van der Waals surface area contributed by atoms with Gasteiger partial charge in [-0.3, -0.25) is 33.6 Å². The van der Waals surface area contributed by atoms with E-state index in [1.165, 1.54) is 18.2 Å². The van der Waals surface area contributed by atoms with Crippen LogP contribution in [0.25, 0.3) is 34.0 Å². The molecule has 0 fully saturated rings. The first-order valence-corrected chi connectivity index (χ1v) is 35.7. The number of ketones is 6. The van der Waals surface area contributed by atoms with Gasteiger partial charge < -0.3 is 47.9 Å². The first kappa shape index (κ1) is 74.9. The Morgan fingerprint density at radius 1 is 0.292 bits per heavy atom. The predicted molar refractivity (Wildman–Crippen MR) is 388 cm³/mol. The lowest BCUT2D eigenvalue weighted by molar-refractivity contribution is -0.134. The first-order chi connectivity index (χ1) is 49.6. The first-order valence-electron chi connectivity index (χ1n) is 35.7. The van der Waals surface area contributed by atoms with Gasteiger partial charge in [0.15, 0.2) is 34.7 Å². The molecule has 3 aromatic carbocycles. The third kappa shape index (κ3) is 15.1. The number of allylic oxidation sites excluding steroid dienone is 12. The van der Waals surface area contributed by atoms with Crippen molar-refractivity contribution in [1.82, 2.24) is 0 Å². The molecule has 4 N–H and O–H groups in total. The maximum atomic E-state index is 13.4. The maximum Gasteiger partial charge on any atom is 0.336 e. The van der Waals surface area contributed by atoms with Crippen LogP contribution in [0.5, 0.6) is 0 Å². The van der Waals surface area contributed by atoms with Crippen LogP contribution >= 0.6 is 0 Å². The van der Waals surface area contributed by atoms with Crippen LogP contribution in [0.1, 0.15) is 233 Å². The van der Waals surface area contributed by atoms with E-state index in [2.05, 4.69) is 0 Å². The number of benzene rings is 3. The van der Waals surface area contributed by atoms with Crippen molar-refractivity contribution in [2.24, 2.45) is 32.5 Å². The molecule has 20 nitrogen and oxygen atoms in total. The quantitative estimate of drug-likeness (QED) is 0.104. The molecular formula is C86H88O20. The smallest absolute Gasteiger partial charge is 0.336 e. The minimum Gasteiger partial charge on any atom is -0.481 e. The van der Waals surface area contributed by atoms with E-state index in [9.17, 15) is 58.5 Å². The topological polar surface area (TPSA) is 319 Å². The van der Waals surface area contributed by atoms with Crippen molar-refractivity contribution in [3.05, 3.63) is 211 Å². The summed E-state index contributed by atoms with van der Waals surface area (Å²) in [6.07, 6.45) is 5.80. The SMILES string of the molecule is CC(=O)O.CC1(C)CC(=O)C2=C(C1)OC1=C(C(=O)CC(C)(C)C1)C2c1ccc(-c2ccccc2C(=O)O)o1.CC1(C)CC(=O)C2=C(C1)OC1=C(C(=O)CC(C)(C)C1)C2c1ccc(-c2ccccc2C(=O)O)o1.CC1(C)CC(=O)C2=C(C1)OC1=C(C(=O)CC(C)(C)C1)C2c1ccc(-c2ccccc2C(=O)O)o1. The highest BCUT2D eigenvalue weighted by molar-refractivity contribution is 6.09. The van der Waals surface area contributed by atoms with E-state index in [0.29, 0.717) is 196 Å². The third-order valence-corrected chi connectivity index (χ3v) is 20.7. The highest BCUT2D eigenvalue weighted by atomic mass is 16.5. The summed E-state index contributed by atoms with van der Waals surface area (Å²) in [6.45, 7) is 25.6. The Morgan fingerprint density at radius 2 is 0.472 bits per heavy atom. The standard InChI is InChI=1S/3C28H28O6.C2H4O2/c3*1-27(2)11-17(29)23-21(13-27)34-22-14-28(3,4)12-18(30)24(22)25(23)20-10-9-19(33-20)15-7-5-6-8-16(15)26(31)32;1-2(3)4/h3*5-10,25H,11-14H2,1-4H3,(H,31,32);1H3,(H,3,4). The Morgan fingerprint density at radius 3 is 0.651 bits per heavy atom. The second-order valence-electron chi connectivity index (χ2n) is 33.9. The van der Waals surface area contributed by atoms with Gasteiger partial charge in [-0.25, -0.2) is 14.4 Å². The second-order valence-corrected chi connectivity index (χ2v) is 33.9. The Bertz CT molecular complexity index is 4340. The van der Waals surface area contributed by atoms with E-state index >= 15 is 0 Å². The van der Waals surface area contributed by atoms with E-state index < -0.39 is 41.6 Å². The number of rotatable bonds is 9. The van der Waals surface area contributed by atoms with Gasteiger partial charge in [0.2, 0.25) is 0 Å². The van der Waals surface area contributed by atoms with Gasteiger partial charge in [0, 0.05) is 134 Å². The Labute approximate surface area is 613 Å². The van der Waals surface area contributed by atoms with Gasteiger partial charge in [0.05, 0.1) is 34.4 Å². The van der Waals surface area contributed by atoms with Crippen molar-refractivity contribution in [2.75, 3.05) is 0 Å². The van der Waals surface area contributed by atoms with Crippen LogP contribution in [0, 0.1) is 32.5 Å². The van der Waals surface area contributed by atoms with Crippen molar-refractivity contribution < 1.29 is 95.8 Å². The van der Waals surface area contributed by atoms with Gasteiger partial charge in [-0.1, -0.05) is 138 Å². The molecule has 3 aliphatic heterocycles. The molecule has 0 bridgehead atoms. The highest BCUT2D eigenvalue weighted by Gasteiger charge is 2.53. The Hall–Kier alpha value is -10.8. The molecule has 6 heterocycles. The molecule has 0 unspecified atom stereocenters. The zero-order valence-electron chi connectivity index (χ0n) is 61.9. The molecule has 552 valence electrons. The summed E-state index contributed by atoms with van der Waals surface area (Å²) < 4.78 is 37.5. The number of hydrogen-bond donors (Lipinski definition) is 4. The molecular weight excluding hydrogens is 1350 g/mol. The summed E-state index contributed by atoms with van der Waals surface area (Å²) in [7, 11) is 0. The van der Waals surface area contributed by atoms with Crippen molar-refractivity contribution in [3.8, 4) is 34.0 Å². The highest BCUT2D eigenvalue weighted by Crippen LogP contribution is 2.58. The van der Waals surface area contributed by atoms with Gasteiger partial charge >= 0.3 is 17.9 Å². The van der Waals surface area contributed by atoms with Crippen molar-refractivity contribution in [2.45, 2.75) is 185 Å². The fraction of sp³-hybridized carbons (Fsp3) is 0.395. The van der Waals surface area contributed by atoms with Crippen LogP contribution in [0.15, 0.2) is 190 Å². The molecule has 0 atom stereocenters. The molecule has 0 saturated heterocycles. The molecule has 6 aromatic rings. The number of aliphatic carboxylic acids is 1. The lowest BCUT2D eigenvalue weighted by Crippen LogP contribution is -2.37. The predicted octanol–water partition coefficient (Wildman–Crippen LogP) is 18.2. The van der Waals surface area contributed by atoms with E-state index in [1.807, 2.05) is 83.1 Å². The fourth-order valence-electron chi connectivity index (χ4n) is 16.5. The molecule has 9 aliphatic rings. The van der Waals surface area contributed by atoms with E-state index in [1.54, 1.807) is 91.0 Å². The molecule has 0 amide bonds. The van der Waals surface area contributed by atoms with Crippen molar-refractivity contribution in [1.29, 1.82) is 0 Å². The van der Waals surface area contributed by atoms with Crippen LogP contribution in [-0.4, -0.2) is 79.0 Å². The Kier molecular flexibility index (Phi) is 19.5. The maximum absolute atomic E-state index is 13.4. The fourth-order valence-corrected chi connectivity index (χ4v) is 16.5. The Balaban J connectivity index is 0.000000145. The summed E-state index contributed by atoms with van der Waals surface area (Å²) in [5.41, 5.74) is 3.31. The number of carbonyl (C=O) groups is 10. The largest absolute Gasteiger partial charge is 0.481 e. The molecule has 0 radical (unpaired) electrons. The zero-order valence-corrected chi connectivity index (χ0v) is 61.9. The van der Waals surface area contributed by atoms with Crippen LogP contribution in [0.3, 0.4) is 0 Å². The number of hydrogen-bond acceptors (Lipinski definition) is 16. The molecule has 0 spiro atoms. The van der Waals surface area contributed by atoms with Crippen molar-refractivity contribution >= 4 is 58.6 Å². The normalized spacial score (nSPS) is 21.2. The minimum absolute atomic E-state index is 0.0377. The minimum atomic E-state index is -1.05. The van der Waals surface area contributed by atoms with E-state index in [4.69, 9.17) is 37.4 Å². The van der Waals surface area contributed by atoms with Gasteiger partial charge in [-0.05, 0) is 87.1 Å². The lowest BCUT2D eigenvalue weighted by Gasteiger charge is -2.42. The summed E-state index contributed by atoms with van der Waals surface area (Å²) in [6, 6.07) is 30.2. The van der Waals surface area contributed by atoms with Gasteiger partial charge in [0.1, 0.15) is 69.1 Å². The second kappa shape index (κ2) is 27.6. The number of carbonyl (C=O) groups excluding carboxylic acids is 6. The summed E-state index contributed by atoms with van der Waals surface area (Å²) >= 11 is 0. The van der Waals surface area contributed by atoms with Crippen molar-refractivity contribution in [3.63, 3.8) is 0 Å². The van der Waals surface area contributed by atoms with Crippen LogP contribution in [0.2, 0.25) is 0 Å². The number of Topliss-reactive ketones (excluding diaryl/α,β-unsaturated/α-hetero) is 6. The average Bonchev–Trinajstić information content (AvgIpc) is 0.894. The summed E-state index contributed by atoms with van der Waals surface area (Å²) in [5, 5.41) is 36.2. The monoisotopic (exact) mass is 1440 g/mol. The van der Waals surface area contributed by atoms with E-state index in [-0.39, 0.29) is 83.9 Å². The van der Waals surface area contributed by atoms with Gasteiger partial charge in [0.25, 0.3) is 5.97 Å². The van der Waals surface area contributed by atoms with Crippen LogP contribution in [-0.2, 0) is 47.8 Å². The molecule has 15 rings (SSSR count). The summed E-state index contributed by atoms with van der Waals surface area (Å²) in [4.78, 5) is 124. The zero-order chi connectivity index (χ0) is 76.8. The number of ether oxygens (including phenoxy) is 3. The number of carboxylic acid groups (broad SMARTS) is 4. The molecule has 106 heavy (non-hydrogen) atoms. The molecule has 0 saturated carbocycles. The molecule has 6 aliphatic carbocycles. The molecule has 3 aromatic heterocycles. The number of aromatic carboxylic acids is 3. The number of carboxylic acids is 4. The molecule has 20 heteroatoms. The van der Waals surface area contributed by atoms with Crippen LogP contribution < -0.4 is 0 Å². The van der Waals surface area contributed by atoms with Gasteiger partial charge in [-0.2, -0.15) is 0 Å². The summed E-state index contributed by atoms with van der Waals surface area (Å²) in [5.74, 6) is 0.135. The third-order valence-electron chi connectivity index (χ3n) is 20.7. The lowest BCUT2D eigenvalue weighted by atomic mass is 9.66. The van der Waals surface area contributed by atoms with Gasteiger partial charge in [-0.15, -0.1) is 0 Å².